The molecule has 2 aromatic heterocycles. The van der Waals surface area contributed by atoms with E-state index in [1.165, 1.54) is 18.3 Å². The lowest BCUT2D eigenvalue weighted by Crippen LogP contribution is -2.30. The Morgan fingerprint density at radius 1 is 1.04 bits per heavy atom. The van der Waals surface area contributed by atoms with Crippen molar-refractivity contribution in [1.29, 1.82) is 0 Å². The summed E-state index contributed by atoms with van der Waals surface area (Å²) >= 11 is 5.74. The van der Waals surface area contributed by atoms with Crippen molar-refractivity contribution < 1.29 is 31.1 Å². The van der Waals surface area contributed by atoms with E-state index in [9.17, 15) is 31.1 Å². The Morgan fingerprint density at radius 2 is 1.68 bits per heavy atom. The number of nitrogens with one attached hydrogen (secondary N) is 3. The molecule has 0 fully saturated rings. The maximum Gasteiger partial charge on any atom is 0.471 e. The van der Waals surface area contributed by atoms with Crippen molar-refractivity contribution >= 4 is 34.8 Å². The summed E-state index contributed by atoms with van der Waals surface area (Å²) in [5, 5.41) is 6.81. The molecular weight excluding hydrogens is 416 g/mol. The number of carbonyl (C=O) groups excluding carboxylic acids is 1. The number of carbonyl (C=O) groups is 1. The van der Waals surface area contributed by atoms with E-state index in [0.717, 1.165) is 0 Å². The van der Waals surface area contributed by atoms with Crippen LogP contribution in [0.3, 0.4) is 0 Å². The van der Waals surface area contributed by atoms with Gasteiger partial charge in [-0.15, -0.1) is 0 Å². The van der Waals surface area contributed by atoms with Gasteiger partial charge < -0.3 is 16.0 Å². The molecule has 1 amide bonds. The third-order valence-corrected chi connectivity index (χ3v) is 3.48. The number of halogens is 7. The van der Waals surface area contributed by atoms with Gasteiger partial charge in [0.15, 0.2) is 0 Å². The summed E-state index contributed by atoms with van der Waals surface area (Å²) in [4.78, 5) is 18.4. The summed E-state index contributed by atoms with van der Waals surface area (Å²) in [6.45, 7) is 0.187. The molecule has 2 rings (SSSR count). The number of alkyl halides is 6. The predicted octanol–water partition coefficient (Wildman–Crippen LogP) is 4.17. The number of aromatic nitrogens is 2. The molecule has 0 aliphatic heterocycles. The third kappa shape index (κ3) is 5.87. The second kappa shape index (κ2) is 8.50. The first-order valence-electron chi connectivity index (χ1n) is 7.52. The first-order valence-corrected chi connectivity index (χ1v) is 7.90. The lowest BCUT2D eigenvalue weighted by Gasteiger charge is -2.14. The molecule has 2 aromatic rings. The Hall–Kier alpha value is -2.76. The average Bonchev–Trinajstić information content (AvgIpc) is 2.59. The average molecular weight is 428 g/mol. The summed E-state index contributed by atoms with van der Waals surface area (Å²) in [5.41, 5.74) is -1.18. The van der Waals surface area contributed by atoms with Crippen LogP contribution in [0, 0.1) is 0 Å². The molecule has 6 nitrogen and oxygen atoms in total. The van der Waals surface area contributed by atoms with Gasteiger partial charge in [-0.2, -0.15) is 26.3 Å². The second-order valence-electron chi connectivity index (χ2n) is 5.26. The molecule has 0 radical (unpaired) electrons. The van der Waals surface area contributed by atoms with E-state index in [0.29, 0.717) is 12.3 Å². The maximum absolute atomic E-state index is 12.6. The molecule has 0 spiro atoms. The standard InChI is InChI=1S/C15H12ClF6N5O/c16-9-6-8(14(17,18)19)7-26-11(9)24-4-5-25-12-10(2-1-3-23-12)27-13(28)15(20,21)22/h1-3,6-7H,4-5H2,(H,23,25)(H,24,26)(H,27,28). The van der Waals surface area contributed by atoms with E-state index in [4.69, 9.17) is 11.6 Å². The van der Waals surface area contributed by atoms with Crippen molar-refractivity contribution in [2.45, 2.75) is 12.4 Å². The largest absolute Gasteiger partial charge is 0.471 e. The van der Waals surface area contributed by atoms with Crippen LogP contribution in [0.4, 0.5) is 43.7 Å². The van der Waals surface area contributed by atoms with E-state index in [1.807, 2.05) is 0 Å². The highest BCUT2D eigenvalue weighted by molar-refractivity contribution is 6.32. The van der Waals surface area contributed by atoms with Crippen molar-refractivity contribution in [3.8, 4) is 0 Å². The number of hydrogen-bond donors (Lipinski definition) is 3. The number of nitrogens with zero attached hydrogens (tertiary/aromatic N) is 2. The zero-order chi connectivity index (χ0) is 20.9. The molecular formula is C15H12ClF6N5O. The molecule has 2 heterocycles. The van der Waals surface area contributed by atoms with Crippen LogP contribution in [0.2, 0.25) is 5.02 Å². The Labute approximate surface area is 159 Å². The van der Waals surface area contributed by atoms with Crippen molar-refractivity contribution in [1.82, 2.24) is 9.97 Å². The zero-order valence-electron chi connectivity index (χ0n) is 13.7. The Bertz CT molecular complexity index is 842. The number of hydrogen-bond acceptors (Lipinski definition) is 5. The van der Waals surface area contributed by atoms with E-state index in [-0.39, 0.29) is 35.4 Å². The van der Waals surface area contributed by atoms with Gasteiger partial charge >= 0.3 is 18.3 Å². The molecule has 0 saturated heterocycles. The van der Waals surface area contributed by atoms with Crippen molar-refractivity contribution in [2.24, 2.45) is 0 Å². The Kier molecular flexibility index (Phi) is 6.54. The van der Waals surface area contributed by atoms with Gasteiger partial charge in [-0.25, -0.2) is 9.97 Å². The normalized spacial score (nSPS) is 11.8. The van der Waals surface area contributed by atoms with Crippen LogP contribution in [0.25, 0.3) is 0 Å². The van der Waals surface area contributed by atoms with E-state index in [2.05, 4.69) is 20.6 Å². The van der Waals surface area contributed by atoms with E-state index < -0.39 is 23.8 Å². The minimum Gasteiger partial charge on any atom is -0.367 e. The smallest absolute Gasteiger partial charge is 0.367 e. The highest BCUT2D eigenvalue weighted by Crippen LogP contribution is 2.32. The SMILES string of the molecule is O=C(Nc1cccnc1NCCNc1ncc(C(F)(F)F)cc1Cl)C(F)(F)F. The molecule has 0 saturated carbocycles. The summed E-state index contributed by atoms with van der Waals surface area (Å²) in [6.07, 6.45) is -7.72. The van der Waals surface area contributed by atoms with E-state index in [1.54, 1.807) is 5.32 Å². The molecule has 28 heavy (non-hydrogen) atoms. The molecule has 0 aromatic carbocycles. The number of rotatable bonds is 6. The maximum atomic E-state index is 12.6. The minimum atomic E-state index is -5.06. The summed E-state index contributed by atoms with van der Waals surface area (Å²) in [7, 11) is 0. The molecule has 0 aliphatic rings. The van der Waals surface area contributed by atoms with Gasteiger partial charge in [-0.05, 0) is 18.2 Å². The first-order chi connectivity index (χ1) is 13.0. The van der Waals surface area contributed by atoms with Gasteiger partial charge in [0.05, 0.1) is 16.3 Å². The fraction of sp³-hybridized carbons (Fsp3) is 0.267. The van der Waals surface area contributed by atoms with Gasteiger partial charge in [0, 0.05) is 25.5 Å². The number of anilines is 3. The molecule has 0 aliphatic carbocycles. The van der Waals surface area contributed by atoms with E-state index >= 15 is 0 Å². The van der Waals surface area contributed by atoms with Crippen LogP contribution in [0.15, 0.2) is 30.6 Å². The fourth-order valence-electron chi connectivity index (χ4n) is 1.93. The second-order valence-corrected chi connectivity index (χ2v) is 5.66. The summed E-state index contributed by atoms with van der Waals surface area (Å²) in [5.74, 6) is -2.17. The van der Waals surface area contributed by atoms with Crippen molar-refractivity contribution in [2.75, 3.05) is 29.0 Å². The number of pyridine rings is 2. The molecule has 3 N–H and O–H groups in total. The van der Waals surface area contributed by atoms with Crippen LogP contribution in [0.1, 0.15) is 5.56 Å². The third-order valence-electron chi connectivity index (χ3n) is 3.19. The molecule has 152 valence electrons. The topological polar surface area (TPSA) is 78.9 Å². The molecule has 0 unspecified atom stereocenters. The quantitative estimate of drug-likeness (QED) is 0.476. The Morgan fingerprint density at radius 3 is 2.25 bits per heavy atom. The number of amides is 1. The van der Waals surface area contributed by atoms with Crippen molar-refractivity contribution in [3.05, 3.63) is 41.2 Å². The molecule has 0 bridgehead atoms. The van der Waals surface area contributed by atoms with Gasteiger partial charge in [0.1, 0.15) is 11.6 Å². The van der Waals surface area contributed by atoms with Crippen LogP contribution in [-0.2, 0) is 11.0 Å². The lowest BCUT2D eigenvalue weighted by atomic mass is 10.3. The summed E-state index contributed by atoms with van der Waals surface area (Å²) < 4.78 is 74.7. The zero-order valence-corrected chi connectivity index (χ0v) is 14.5. The summed E-state index contributed by atoms with van der Waals surface area (Å²) in [6, 6.07) is 3.27. The van der Waals surface area contributed by atoms with Gasteiger partial charge in [-0.1, -0.05) is 11.6 Å². The predicted molar refractivity (Wildman–Crippen MR) is 90.2 cm³/mol. The Balaban J connectivity index is 1.93. The first kappa shape index (κ1) is 21.5. The molecule has 0 atom stereocenters. The minimum absolute atomic E-state index is 0.00286. The fourth-order valence-corrected chi connectivity index (χ4v) is 2.16. The van der Waals surface area contributed by atoms with Crippen LogP contribution in [0.5, 0.6) is 0 Å². The highest BCUT2D eigenvalue weighted by Gasteiger charge is 2.39. The highest BCUT2D eigenvalue weighted by atomic mass is 35.5. The lowest BCUT2D eigenvalue weighted by molar-refractivity contribution is -0.167. The van der Waals surface area contributed by atoms with Crippen LogP contribution < -0.4 is 16.0 Å². The van der Waals surface area contributed by atoms with Crippen LogP contribution in [-0.4, -0.2) is 35.1 Å². The van der Waals surface area contributed by atoms with Crippen molar-refractivity contribution in [3.63, 3.8) is 0 Å². The van der Waals surface area contributed by atoms with Gasteiger partial charge in [0.25, 0.3) is 0 Å². The monoisotopic (exact) mass is 427 g/mol. The van der Waals surface area contributed by atoms with Gasteiger partial charge in [-0.3, -0.25) is 4.79 Å². The van der Waals surface area contributed by atoms with Gasteiger partial charge in [0.2, 0.25) is 0 Å². The molecule has 13 heteroatoms. The van der Waals surface area contributed by atoms with Crippen LogP contribution >= 0.6 is 11.6 Å².